The Morgan fingerprint density at radius 2 is 1.89 bits per heavy atom. The maximum absolute atomic E-state index is 13.1. The molecule has 1 aromatic heterocycles. The van der Waals surface area contributed by atoms with Gasteiger partial charge in [-0.1, -0.05) is 0 Å². The molecule has 0 saturated carbocycles. The predicted octanol–water partition coefficient (Wildman–Crippen LogP) is 0.0898. The number of hydrogen-bond donors (Lipinski definition) is 2. The van der Waals surface area contributed by atoms with E-state index in [1.807, 2.05) is 19.1 Å². The molecule has 4 rings (SSSR count). The Bertz CT molecular complexity index is 1590. The van der Waals surface area contributed by atoms with Crippen LogP contribution in [0.3, 0.4) is 0 Å². The van der Waals surface area contributed by atoms with E-state index in [1.54, 1.807) is 18.2 Å². The summed E-state index contributed by atoms with van der Waals surface area (Å²) in [5, 5.41) is 18.4. The van der Waals surface area contributed by atoms with E-state index in [1.165, 1.54) is 0 Å². The number of hydrogen-bond acceptors (Lipinski definition) is 8. The molecule has 1 aromatic carbocycles. The number of amides is 1. The van der Waals surface area contributed by atoms with Crippen LogP contribution >= 0.6 is 35.3 Å². The number of nitrogens with zero attached hydrogens (tertiary/aromatic N) is 4. The number of carbonyl (C=O) groups excluding carboxylic acids is 1. The van der Waals surface area contributed by atoms with Gasteiger partial charge in [-0.3, -0.25) is 0 Å². The Morgan fingerprint density at radius 3 is 2.53 bits per heavy atom. The first-order chi connectivity index (χ1) is 17.1. The zero-order valence-corrected chi connectivity index (χ0v) is 22.6. The molecule has 2 aliphatic heterocycles. The third-order valence-electron chi connectivity index (χ3n) is 5.07. The van der Waals surface area contributed by atoms with Crippen LogP contribution in [0, 0.1) is 6.57 Å². The fraction of sp³-hybridized carbons (Fsp3) is 0.182. The Balaban J connectivity index is 1.82. The second kappa shape index (κ2) is 10.4. The summed E-state index contributed by atoms with van der Waals surface area (Å²) in [6.45, 7) is 8.62. The standard InChI is InChI=1S/C22H16N4O6S3Se/c1-3-24-12-8-11(23-2)4-6-14(12)36-15(24)7-5-13-19(31)25(9-16(27)28)21(34-13)18-20(32)26(10-17(29)30)22(33)35-18/h4-8H,3,9-10H2,1H3,(H,27,28)(H,29,30)/b13-5+,15-7-,21-18-. The summed E-state index contributed by atoms with van der Waals surface area (Å²) in [5.41, 5.74) is 0.925. The van der Waals surface area contributed by atoms with Crippen LogP contribution in [-0.4, -0.2) is 69.9 Å². The van der Waals surface area contributed by atoms with Crippen molar-refractivity contribution in [3.05, 3.63) is 59.8 Å². The van der Waals surface area contributed by atoms with Crippen LogP contribution in [-0.2, 0) is 20.9 Å². The normalized spacial score (nSPS) is 18.2. The molecule has 36 heavy (non-hydrogen) atoms. The summed E-state index contributed by atoms with van der Waals surface area (Å²) in [6.07, 6.45) is 3.41. The molecule has 184 valence electrons. The maximum atomic E-state index is 13.1. The number of thiazole rings is 1. The quantitative estimate of drug-likeness (QED) is 0.267. The van der Waals surface area contributed by atoms with Gasteiger partial charge in [0.2, 0.25) is 0 Å². The van der Waals surface area contributed by atoms with Crippen LogP contribution in [0.5, 0.6) is 0 Å². The number of fused-ring (bicyclic) bond motifs is 1. The molecular weight excluding hydrogens is 591 g/mol. The van der Waals surface area contributed by atoms with Gasteiger partial charge in [0.25, 0.3) is 0 Å². The Morgan fingerprint density at radius 1 is 1.17 bits per heavy atom. The van der Waals surface area contributed by atoms with Gasteiger partial charge in [0.05, 0.1) is 0 Å². The molecule has 2 N–H and O–H groups in total. The number of thioether (sulfide) groups is 1. The van der Waals surface area contributed by atoms with Crippen molar-refractivity contribution < 1.29 is 24.6 Å². The fourth-order valence-corrected chi connectivity index (χ4v) is 8.32. The van der Waals surface area contributed by atoms with Crippen LogP contribution in [0.1, 0.15) is 6.92 Å². The van der Waals surface area contributed by atoms with Gasteiger partial charge in [0, 0.05) is 0 Å². The molecule has 2 aromatic rings. The summed E-state index contributed by atoms with van der Waals surface area (Å²) in [5.74, 6) is -3.19. The number of rotatable bonds is 6. The minimum absolute atomic E-state index is 0.0243. The van der Waals surface area contributed by atoms with E-state index in [0.717, 1.165) is 47.3 Å². The van der Waals surface area contributed by atoms with Crippen molar-refractivity contribution in [1.82, 2.24) is 9.47 Å². The van der Waals surface area contributed by atoms with Crippen LogP contribution in [0.2, 0.25) is 0 Å². The third kappa shape index (κ3) is 4.88. The Hall–Kier alpha value is -3.21. The second-order valence-electron chi connectivity index (χ2n) is 7.32. The number of carboxylic acid groups (broad SMARTS) is 2. The summed E-state index contributed by atoms with van der Waals surface area (Å²) in [6, 6.07) is 5.54. The van der Waals surface area contributed by atoms with Crippen molar-refractivity contribution in [3.8, 4) is 0 Å². The van der Waals surface area contributed by atoms with Crippen molar-refractivity contribution in [2.45, 2.75) is 13.5 Å². The molecule has 1 saturated heterocycles. The van der Waals surface area contributed by atoms with Crippen LogP contribution in [0.25, 0.3) is 15.8 Å². The fourth-order valence-electron chi connectivity index (χ4n) is 3.54. The van der Waals surface area contributed by atoms with Gasteiger partial charge < -0.3 is 0 Å². The predicted molar refractivity (Wildman–Crippen MR) is 142 cm³/mol. The number of aromatic nitrogens is 1. The number of benzene rings is 1. The number of thiocarbonyl (C=S) groups is 1. The molecule has 0 unspecified atom stereocenters. The van der Waals surface area contributed by atoms with Crippen molar-refractivity contribution in [2.75, 3.05) is 18.0 Å². The molecule has 14 heteroatoms. The van der Waals surface area contributed by atoms with Gasteiger partial charge in [-0.15, -0.1) is 0 Å². The van der Waals surface area contributed by atoms with Gasteiger partial charge >= 0.3 is 225 Å². The van der Waals surface area contributed by atoms with E-state index in [4.69, 9.17) is 23.9 Å². The Labute approximate surface area is 223 Å². The first-order valence-electron chi connectivity index (χ1n) is 10.2. The second-order valence-corrected chi connectivity index (χ2v) is 12.2. The van der Waals surface area contributed by atoms with E-state index in [-0.39, 0.29) is 33.4 Å². The number of carbonyl (C=O) groups is 3. The van der Waals surface area contributed by atoms with Crippen molar-refractivity contribution in [2.24, 2.45) is 0 Å². The number of aliphatic carboxylic acids is 2. The van der Waals surface area contributed by atoms with Crippen molar-refractivity contribution in [1.29, 1.82) is 0 Å². The zero-order valence-electron chi connectivity index (χ0n) is 18.5. The van der Waals surface area contributed by atoms with Crippen LogP contribution in [0.4, 0.5) is 11.4 Å². The number of carboxylic acids is 2. The molecule has 0 bridgehead atoms. The zero-order chi connectivity index (χ0) is 26.1. The molecule has 1 amide bonds. The number of anilines is 1. The topological polar surface area (TPSA) is 125 Å². The van der Waals surface area contributed by atoms with Gasteiger partial charge in [-0.2, -0.15) is 0 Å². The van der Waals surface area contributed by atoms with Crippen LogP contribution < -0.4 is 24.1 Å². The molecule has 0 radical (unpaired) electrons. The van der Waals surface area contributed by atoms with Gasteiger partial charge in [0.1, 0.15) is 0 Å². The molecule has 10 nitrogen and oxygen atoms in total. The minimum atomic E-state index is -1.26. The molecule has 0 spiro atoms. The van der Waals surface area contributed by atoms with Crippen LogP contribution in [0.15, 0.2) is 33.7 Å². The number of allylic oxidation sites excluding steroid dienone is 1. The third-order valence-corrected chi connectivity index (χ3v) is 10.2. The molecule has 3 heterocycles. The summed E-state index contributed by atoms with van der Waals surface area (Å²) in [7, 11) is 0. The van der Waals surface area contributed by atoms with Crippen molar-refractivity contribution >= 4 is 99.3 Å². The van der Waals surface area contributed by atoms with Gasteiger partial charge in [0.15, 0.2) is 0 Å². The van der Waals surface area contributed by atoms with E-state index >= 15 is 0 Å². The molecule has 0 aliphatic carbocycles. The van der Waals surface area contributed by atoms with E-state index in [0.29, 0.717) is 12.2 Å². The average Bonchev–Trinajstić information content (AvgIpc) is 3.43. The van der Waals surface area contributed by atoms with E-state index in [9.17, 15) is 24.3 Å². The average molecular weight is 608 g/mol. The molecule has 2 aliphatic rings. The summed E-state index contributed by atoms with van der Waals surface area (Å²) < 4.78 is 3.45. The molecule has 1 fully saturated rings. The monoisotopic (exact) mass is 608 g/mol. The molecular formula is C22H16N4O6S3Se. The van der Waals surface area contributed by atoms with E-state index < -0.39 is 36.5 Å². The first kappa shape index (κ1) is 25.9. The van der Waals surface area contributed by atoms with Gasteiger partial charge in [-0.25, -0.2) is 0 Å². The van der Waals surface area contributed by atoms with Crippen molar-refractivity contribution in [3.63, 3.8) is 0 Å². The summed E-state index contributed by atoms with van der Waals surface area (Å²) >= 11 is 6.87. The van der Waals surface area contributed by atoms with Gasteiger partial charge in [-0.05, 0) is 0 Å². The first-order valence-corrected chi connectivity index (χ1v) is 14.0. The molecule has 0 atom stereocenters. The van der Waals surface area contributed by atoms with E-state index in [2.05, 4.69) is 9.74 Å². The Kier molecular flexibility index (Phi) is 7.48. The SMILES string of the molecule is [C-]#[N+]c1ccc2c(c1)N(CC)/C(=C/C=c1/s/c(=C3\SC(=S)N(CC(=O)O)C3=O)n(CC(=O)O)c1=O)[Se]2. The summed E-state index contributed by atoms with van der Waals surface area (Å²) in [4.78, 5) is 55.0.